The van der Waals surface area contributed by atoms with Crippen LogP contribution in [0.1, 0.15) is 15.9 Å². The molecule has 1 aromatic carbocycles. The molecule has 0 atom stereocenters. The molecule has 0 saturated heterocycles. The maximum Gasteiger partial charge on any atom is 0.336 e. The molecular formula is C10H8O2S2. The Morgan fingerprint density at radius 1 is 1.57 bits per heavy atom. The highest BCUT2D eigenvalue weighted by atomic mass is 32.1. The highest BCUT2D eigenvalue weighted by Gasteiger charge is 2.13. The Morgan fingerprint density at radius 3 is 2.93 bits per heavy atom. The van der Waals surface area contributed by atoms with Gasteiger partial charge in [-0.25, -0.2) is 4.79 Å². The van der Waals surface area contributed by atoms with Crippen LogP contribution in [0.4, 0.5) is 0 Å². The summed E-state index contributed by atoms with van der Waals surface area (Å²) >= 11 is 5.77. The van der Waals surface area contributed by atoms with E-state index in [9.17, 15) is 4.79 Å². The maximum absolute atomic E-state index is 10.9. The van der Waals surface area contributed by atoms with Crippen molar-refractivity contribution in [2.45, 2.75) is 11.8 Å². The van der Waals surface area contributed by atoms with Gasteiger partial charge in [-0.2, -0.15) is 0 Å². The minimum Gasteiger partial charge on any atom is -0.478 e. The zero-order valence-electron chi connectivity index (χ0n) is 7.44. The predicted molar refractivity (Wildman–Crippen MR) is 60.8 cm³/mol. The zero-order chi connectivity index (χ0) is 10.3. The molecular weight excluding hydrogens is 216 g/mol. The standard InChI is InChI=1S/C10H8O2S2/c1-5-4-7(10(11)12)8(13)9-6(5)2-3-14-9/h2-4,13H,1H3,(H,11,12). The van der Waals surface area contributed by atoms with Crippen LogP contribution in [-0.4, -0.2) is 11.1 Å². The third kappa shape index (κ3) is 1.31. The summed E-state index contributed by atoms with van der Waals surface area (Å²) in [6.07, 6.45) is 0. The zero-order valence-corrected chi connectivity index (χ0v) is 9.15. The van der Waals surface area contributed by atoms with Crippen molar-refractivity contribution in [3.8, 4) is 0 Å². The van der Waals surface area contributed by atoms with E-state index in [0.29, 0.717) is 4.90 Å². The van der Waals surface area contributed by atoms with Crippen LogP contribution in [0, 0.1) is 6.92 Å². The fourth-order valence-electron chi connectivity index (χ4n) is 1.45. The smallest absolute Gasteiger partial charge is 0.336 e. The fourth-order valence-corrected chi connectivity index (χ4v) is 2.81. The van der Waals surface area contributed by atoms with Gasteiger partial charge in [0.05, 0.1) is 5.56 Å². The average molecular weight is 224 g/mol. The molecule has 0 fully saturated rings. The number of carbonyl (C=O) groups is 1. The Morgan fingerprint density at radius 2 is 2.29 bits per heavy atom. The lowest BCUT2D eigenvalue weighted by molar-refractivity contribution is 0.0693. The number of thiol groups is 1. The van der Waals surface area contributed by atoms with Gasteiger partial charge < -0.3 is 5.11 Å². The van der Waals surface area contributed by atoms with Crippen molar-refractivity contribution >= 4 is 40.0 Å². The van der Waals surface area contributed by atoms with Gasteiger partial charge >= 0.3 is 5.97 Å². The number of fused-ring (bicyclic) bond motifs is 1. The molecule has 1 heterocycles. The number of aryl methyl sites for hydroxylation is 1. The van der Waals surface area contributed by atoms with Gasteiger partial charge in [0.25, 0.3) is 0 Å². The van der Waals surface area contributed by atoms with Crippen molar-refractivity contribution < 1.29 is 9.90 Å². The number of benzene rings is 1. The maximum atomic E-state index is 10.9. The second-order valence-corrected chi connectivity index (χ2v) is 4.42. The van der Waals surface area contributed by atoms with Gasteiger partial charge in [-0.3, -0.25) is 0 Å². The molecule has 0 bridgehead atoms. The number of carboxylic acid groups (broad SMARTS) is 1. The van der Waals surface area contributed by atoms with E-state index in [1.165, 1.54) is 11.3 Å². The summed E-state index contributed by atoms with van der Waals surface area (Å²) in [5.41, 5.74) is 1.26. The Bertz CT molecular complexity index is 514. The second kappa shape index (κ2) is 3.29. The molecule has 2 rings (SSSR count). The van der Waals surface area contributed by atoms with Crippen LogP contribution in [-0.2, 0) is 0 Å². The highest BCUT2D eigenvalue weighted by Crippen LogP contribution is 2.32. The number of thiophene rings is 1. The molecule has 72 valence electrons. The molecule has 0 unspecified atom stereocenters. The largest absolute Gasteiger partial charge is 0.478 e. The minimum atomic E-state index is -0.923. The van der Waals surface area contributed by atoms with Gasteiger partial charge in [-0.1, -0.05) is 0 Å². The number of hydrogen-bond donors (Lipinski definition) is 2. The fraction of sp³-hybridized carbons (Fsp3) is 0.100. The van der Waals surface area contributed by atoms with Crippen molar-refractivity contribution in [2.75, 3.05) is 0 Å². The van der Waals surface area contributed by atoms with Gasteiger partial charge in [0.2, 0.25) is 0 Å². The molecule has 0 radical (unpaired) electrons. The summed E-state index contributed by atoms with van der Waals surface area (Å²) in [6, 6.07) is 3.65. The Hall–Kier alpha value is -1.000. The van der Waals surface area contributed by atoms with Crippen molar-refractivity contribution in [3.05, 3.63) is 28.6 Å². The van der Waals surface area contributed by atoms with E-state index in [2.05, 4.69) is 12.6 Å². The molecule has 0 aliphatic heterocycles. The van der Waals surface area contributed by atoms with Crippen molar-refractivity contribution in [2.24, 2.45) is 0 Å². The van der Waals surface area contributed by atoms with Gasteiger partial charge in [0, 0.05) is 9.60 Å². The van der Waals surface area contributed by atoms with E-state index in [1.807, 2.05) is 18.4 Å². The number of carboxylic acids is 1. The quantitative estimate of drug-likeness (QED) is 0.730. The summed E-state index contributed by atoms with van der Waals surface area (Å²) in [6.45, 7) is 1.91. The Balaban J connectivity index is 2.88. The van der Waals surface area contributed by atoms with Crippen LogP contribution >= 0.6 is 24.0 Å². The van der Waals surface area contributed by atoms with E-state index in [-0.39, 0.29) is 5.56 Å². The second-order valence-electron chi connectivity index (χ2n) is 3.06. The lowest BCUT2D eigenvalue weighted by atomic mass is 10.1. The molecule has 0 aliphatic rings. The third-order valence-corrected chi connectivity index (χ3v) is 3.70. The summed E-state index contributed by atoms with van der Waals surface area (Å²) in [5.74, 6) is -0.923. The van der Waals surface area contributed by atoms with Crippen LogP contribution in [0.15, 0.2) is 22.4 Å². The summed E-state index contributed by atoms with van der Waals surface area (Å²) in [5, 5.41) is 12.0. The first kappa shape index (κ1) is 9.55. The highest BCUT2D eigenvalue weighted by molar-refractivity contribution is 7.80. The number of aromatic carboxylic acids is 1. The lowest BCUT2D eigenvalue weighted by Crippen LogP contribution is -1.98. The van der Waals surface area contributed by atoms with Crippen LogP contribution in [0.25, 0.3) is 10.1 Å². The lowest BCUT2D eigenvalue weighted by Gasteiger charge is -2.04. The van der Waals surface area contributed by atoms with Crippen LogP contribution in [0.2, 0.25) is 0 Å². The normalized spacial score (nSPS) is 10.7. The van der Waals surface area contributed by atoms with E-state index >= 15 is 0 Å². The first-order valence-electron chi connectivity index (χ1n) is 4.04. The van der Waals surface area contributed by atoms with Crippen molar-refractivity contribution in [1.82, 2.24) is 0 Å². The number of rotatable bonds is 1. The van der Waals surface area contributed by atoms with E-state index in [4.69, 9.17) is 5.11 Å². The Kier molecular flexibility index (Phi) is 2.25. The first-order chi connectivity index (χ1) is 6.61. The van der Waals surface area contributed by atoms with E-state index in [0.717, 1.165) is 15.6 Å². The predicted octanol–water partition coefficient (Wildman–Crippen LogP) is 3.20. The van der Waals surface area contributed by atoms with Gasteiger partial charge in [0.15, 0.2) is 0 Å². The molecule has 0 amide bonds. The topological polar surface area (TPSA) is 37.3 Å². The monoisotopic (exact) mass is 224 g/mol. The number of hydrogen-bond acceptors (Lipinski definition) is 3. The Labute approximate surface area is 90.6 Å². The minimum absolute atomic E-state index is 0.279. The van der Waals surface area contributed by atoms with Gasteiger partial charge in [-0.15, -0.1) is 24.0 Å². The summed E-state index contributed by atoms with van der Waals surface area (Å²) < 4.78 is 0.950. The molecule has 4 heteroatoms. The van der Waals surface area contributed by atoms with E-state index < -0.39 is 5.97 Å². The van der Waals surface area contributed by atoms with Gasteiger partial charge in [-0.05, 0) is 35.4 Å². The van der Waals surface area contributed by atoms with E-state index in [1.54, 1.807) is 6.07 Å². The third-order valence-electron chi connectivity index (χ3n) is 2.15. The van der Waals surface area contributed by atoms with Crippen molar-refractivity contribution in [1.29, 1.82) is 0 Å². The molecule has 0 spiro atoms. The summed E-state index contributed by atoms with van der Waals surface area (Å²) in [7, 11) is 0. The first-order valence-corrected chi connectivity index (χ1v) is 5.37. The van der Waals surface area contributed by atoms with Crippen LogP contribution in [0.5, 0.6) is 0 Å². The van der Waals surface area contributed by atoms with Gasteiger partial charge in [0.1, 0.15) is 0 Å². The SMILES string of the molecule is Cc1cc(C(=O)O)c(S)c2sccc12. The molecule has 2 aromatic rings. The molecule has 14 heavy (non-hydrogen) atoms. The average Bonchev–Trinajstić information content (AvgIpc) is 2.59. The molecule has 1 N–H and O–H groups in total. The van der Waals surface area contributed by atoms with Crippen LogP contribution in [0.3, 0.4) is 0 Å². The molecule has 0 aliphatic carbocycles. The molecule has 1 aromatic heterocycles. The molecule has 0 saturated carbocycles. The van der Waals surface area contributed by atoms with Crippen molar-refractivity contribution in [3.63, 3.8) is 0 Å². The molecule has 2 nitrogen and oxygen atoms in total. The summed E-state index contributed by atoms with van der Waals surface area (Å²) in [4.78, 5) is 11.5. The van der Waals surface area contributed by atoms with Crippen LogP contribution < -0.4 is 0 Å².